The van der Waals surface area contributed by atoms with E-state index < -0.39 is 89.0 Å². The van der Waals surface area contributed by atoms with Crippen LogP contribution in [-0.2, 0) is 54.3 Å². The molecule has 2 aromatic rings. The number of carbonyl (C=O) groups is 4. The second-order valence-corrected chi connectivity index (χ2v) is 18.2. The van der Waals surface area contributed by atoms with E-state index in [4.69, 9.17) is 33.0 Å². The van der Waals surface area contributed by atoms with Crippen molar-refractivity contribution in [2.24, 2.45) is 39.7 Å². The molecule has 17 heteroatoms. The number of Topliss-reactive ketones (excluding diaryl/α,β-unsaturated/α-hetero) is 1. The molecular weight excluding hydrogens is 815 g/mol. The van der Waals surface area contributed by atoms with E-state index >= 15 is 0 Å². The molecule has 0 radical (unpaired) electrons. The van der Waals surface area contributed by atoms with Crippen molar-refractivity contribution in [2.75, 3.05) is 20.7 Å². The molecule has 3 saturated heterocycles. The second-order valence-electron chi connectivity index (χ2n) is 18.2. The number of nitrogens with zero attached hydrogens (tertiary/aromatic N) is 5. The number of carbonyl (C=O) groups excluding carboxylic acids is 4. The van der Waals surface area contributed by atoms with Crippen LogP contribution in [-0.4, -0.2) is 124 Å². The van der Waals surface area contributed by atoms with Crippen molar-refractivity contribution in [3.63, 3.8) is 0 Å². The minimum Gasteiger partial charge on any atom is -0.459 e. The van der Waals surface area contributed by atoms with E-state index in [0.717, 1.165) is 5.56 Å². The van der Waals surface area contributed by atoms with E-state index in [9.17, 15) is 24.3 Å². The number of aromatic nitrogens is 2. The average molecular weight is 882 g/mol. The number of oxime groups is 1. The van der Waals surface area contributed by atoms with Crippen LogP contribution in [0.3, 0.4) is 0 Å². The Morgan fingerprint density at radius 2 is 1.78 bits per heavy atom. The normalized spacial score (nSPS) is 36.3. The zero-order valence-electron chi connectivity index (χ0n) is 38.9. The third kappa shape index (κ3) is 11.8. The number of aliphatic hydroxyl groups is 1. The molecule has 0 aromatic carbocycles. The van der Waals surface area contributed by atoms with Crippen LogP contribution < -0.4 is 0 Å². The van der Waals surface area contributed by atoms with Gasteiger partial charge in [-0.25, -0.2) is 4.99 Å². The van der Waals surface area contributed by atoms with Gasteiger partial charge in [0.2, 0.25) is 5.91 Å². The number of likely N-dealkylation sites (N-methyl/N-ethyl adjacent to an activating group) is 1. The lowest BCUT2D eigenvalue weighted by molar-refractivity contribution is -0.298. The first-order valence-corrected chi connectivity index (χ1v) is 22.0. The first-order valence-electron chi connectivity index (χ1n) is 22.0. The maximum Gasteiger partial charge on any atom is 0.316 e. The smallest absolute Gasteiger partial charge is 0.316 e. The van der Waals surface area contributed by atoms with Gasteiger partial charge in [0.05, 0.1) is 48.1 Å². The van der Waals surface area contributed by atoms with Gasteiger partial charge in [0.25, 0.3) is 0 Å². The molecule has 17 nitrogen and oxygen atoms in total. The molecule has 0 aliphatic carbocycles. The van der Waals surface area contributed by atoms with E-state index in [2.05, 4.69) is 20.3 Å². The molecule has 1 N–H and O–H groups in total. The minimum atomic E-state index is -1.66. The lowest BCUT2D eigenvalue weighted by Gasteiger charge is -2.48. The van der Waals surface area contributed by atoms with Gasteiger partial charge in [-0.05, 0) is 97.9 Å². The van der Waals surface area contributed by atoms with Crippen LogP contribution in [0.25, 0.3) is 11.3 Å². The van der Waals surface area contributed by atoms with E-state index in [0.29, 0.717) is 35.7 Å². The van der Waals surface area contributed by atoms with Gasteiger partial charge in [-0.2, -0.15) is 0 Å². The van der Waals surface area contributed by atoms with Crippen molar-refractivity contribution in [2.45, 2.75) is 156 Å². The summed E-state index contributed by atoms with van der Waals surface area (Å²) in [7, 11) is 3.76. The van der Waals surface area contributed by atoms with Crippen molar-refractivity contribution in [1.82, 2.24) is 15.0 Å². The van der Waals surface area contributed by atoms with E-state index in [-0.39, 0.29) is 44.6 Å². The molecule has 5 rings (SSSR count). The predicted molar refractivity (Wildman–Crippen MR) is 231 cm³/mol. The van der Waals surface area contributed by atoms with Crippen LogP contribution in [0, 0.1) is 29.6 Å². The van der Waals surface area contributed by atoms with Crippen LogP contribution in [0.1, 0.15) is 107 Å². The third-order valence-corrected chi connectivity index (χ3v) is 13.0. The molecule has 63 heavy (non-hydrogen) atoms. The molecule has 0 spiro atoms. The van der Waals surface area contributed by atoms with Gasteiger partial charge in [0.1, 0.15) is 17.6 Å². The number of aliphatic imine (C=N–C) groups is 1. The van der Waals surface area contributed by atoms with Gasteiger partial charge in [0, 0.05) is 49.2 Å². The summed E-state index contributed by atoms with van der Waals surface area (Å²) in [6.45, 7) is 16.8. The second kappa shape index (κ2) is 21.0. The molecule has 0 saturated carbocycles. The summed E-state index contributed by atoms with van der Waals surface area (Å²) in [5.41, 5.74) is -0.725. The number of hydrogen-bond acceptors (Lipinski definition) is 16. The highest BCUT2D eigenvalue weighted by molar-refractivity contribution is 6.00. The Balaban J connectivity index is 1.66. The summed E-state index contributed by atoms with van der Waals surface area (Å²) < 4.78 is 37.7. The minimum absolute atomic E-state index is 0.0201. The Kier molecular flexibility index (Phi) is 16.6. The molecule has 3 aliphatic heterocycles. The fourth-order valence-corrected chi connectivity index (χ4v) is 9.64. The lowest BCUT2D eigenvalue weighted by Crippen LogP contribution is -2.60. The van der Waals surface area contributed by atoms with Crippen LogP contribution in [0.2, 0.25) is 0 Å². The molecule has 3 fully saturated rings. The molecule has 348 valence electrons. The fraction of sp³-hybridized carbons (Fsp3) is 0.696. The van der Waals surface area contributed by atoms with Crippen molar-refractivity contribution >= 4 is 35.1 Å². The number of ether oxygens (including phenoxy) is 5. The molecule has 2 bridgehead atoms. The zero-order valence-corrected chi connectivity index (χ0v) is 38.9. The van der Waals surface area contributed by atoms with Crippen molar-refractivity contribution in [1.29, 1.82) is 0 Å². The molecule has 2 aromatic heterocycles. The number of amides is 1. The average Bonchev–Trinajstić information content (AvgIpc) is 3.76. The van der Waals surface area contributed by atoms with Gasteiger partial charge in [0.15, 0.2) is 30.5 Å². The first kappa shape index (κ1) is 49.6. The maximum atomic E-state index is 14.7. The van der Waals surface area contributed by atoms with E-state index in [1.165, 1.54) is 20.8 Å². The Bertz CT molecular complexity index is 1950. The summed E-state index contributed by atoms with van der Waals surface area (Å²) in [5, 5.41) is 20.9. The highest BCUT2D eigenvalue weighted by Gasteiger charge is 2.53. The SMILES string of the molecule is CC[C@H]1OC(=O)[C@H](C)C(=O)[C@H](C)[C@@H](O[C@@H]2O[C@H](C)C[C@H](N(C)C)[C@H]2OC(C)=O)[C@@]2(C)C[C@@H](C)/C(=N\C(C)=O)[C@H](C)[C@@H](CCC(=NOCc3ccc(-c4ccno4)cn3)CO2)[C@]1(C)O. The van der Waals surface area contributed by atoms with Gasteiger partial charge in [-0.3, -0.25) is 24.2 Å². The van der Waals surface area contributed by atoms with Crippen LogP contribution >= 0.6 is 0 Å². The number of hydrogen-bond donors (Lipinski definition) is 1. The Morgan fingerprint density at radius 1 is 1.05 bits per heavy atom. The highest BCUT2D eigenvalue weighted by Crippen LogP contribution is 2.42. The highest BCUT2D eigenvalue weighted by atomic mass is 16.7. The van der Waals surface area contributed by atoms with Gasteiger partial charge < -0.3 is 43.1 Å². The number of fused-ring (bicyclic) bond motifs is 5. The fourth-order valence-electron chi connectivity index (χ4n) is 9.64. The molecular formula is C46H67N5O12. The van der Waals surface area contributed by atoms with Gasteiger partial charge in [-0.1, -0.05) is 38.0 Å². The number of pyridine rings is 1. The predicted octanol–water partition coefficient (Wildman–Crippen LogP) is 5.75. The summed E-state index contributed by atoms with van der Waals surface area (Å²) in [5.74, 6) is -5.62. The molecule has 13 atom stereocenters. The van der Waals surface area contributed by atoms with Gasteiger partial charge >= 0.3 is 11.9 Å². The third-order valence-electron chi connectivity index (χ3n) is 13.0. The quantitative estimate of drug-likeness (QED) is 0.180. The molecule has 5 heterocycles. The van der Waals surface area contributed by atoms with E-state index in [1.54, 1.807) is 45.3 Å². The topological polar surface area (TPSA) is 211 Å². The molecule has 0 unspecified atom stereocenters. The van der Waals surface area contributed by atoms with Crippen LogP contribution in [0.5, 0.6) is 0 Å². The summed E-state index contributed by atoms with van der Waals surface area (Å²) in [4.78, 5) is 71.2. The van der Waals surface area contributed by atoms with Crippen LogP contribution in [0.4, 0.5) is 0 Å². The van der Waals surface area contributed by atoms with Crippen molar-refractivity contribution in [3.8, 4) is 11.3 Å². The van der Waals surface area contributed by atoms with E-state index in [1.807, 2.05) is 52.8 Å². The van der Waals surface area contributed by atoms with Crippen molar-refractivity contribution in [3.05, 3.63) is 36.3 Å². The first-order chi connectivity index (χ1) is 29.7. The summed E-state index contributed by atoms with van der Waals surface area (Å²) in [6, 6.07) is 5.06. The summed E-state index contributed by atoms with van der Waals surface area (Å²) >= 11 is 0. The standard InChI is InChI=1S/C46H67N5O12/c1-13-38-46(10,56)35-17-16-34(50-58-24-33-15-14-32(22-47-33)37-18-19-48-63-37)23-57-45(9,21-25(2)39(27(35)4)49-30(7)52)42(28(5)40(54)29(6)43(55)61-38)62-44-41(60-31(8)53)36(51(11)12)20-26(3)59-44/h14-15,18-19,22,25-29,35-36,38,41-42,44,56H,13,16-17,20-21,23-24H2,1-12H3/b49-39+,50-34?/t25-,26-,27-,28+,29-,35-,36+,38-,41-,42-,44+,45-,46+/m1/s1. The Labute approximate surface area is 370 Å². The monoisotopic (exact) mass is 881 g/mol. The maximum absolute atomic E-state index is 14.7. The number of cyclic esters (lactones) is 1. The van der Waals surface area contributed by atoms with Crippen molar-refractivity contribution < 1.29 is 57.3 Å². The number of ketones is 1. The largest absolute Gasteiger partial charge is 0.459 e. The number of esters is 2. The van der Waals surface area contributed by atoms with Gasteiger partial charge in [-0.15, -0.1) is 0 Å². The molecule has 1 amide bonds. The number of rotatable bonds is 9. The van der Waals surface area contributed by atoms with Crippen LogP contribution in [0.15, 0.2) is 45.3 Å². The Hall–Kier alpha value is -4.42. The summed E-state index contributed by atoms with van der Waals surface area (Å²) in [6.07, 6.45) is 0.105. The lowest BCUT2D eigenvalue weighted by atomic mass is 9.68. The molecule has 3 aliphatic rings. The zero-order chi connectivity index (χ0) is 46.4. The Morgan fingerprint density at radius 3 is 2.38 bits per heavy atom.